The van der Waals surface area contributed by atoms with Gasteiger partial charge in [-0.05, 0) is 20.8 Å². The molecule has 0 aromatic carbocycles. The standard InChI is InChI=1S/C19H30N8O/c1-6-20-19(22-13-16-14(2)23-25(5)15(16)3)27-11-9-26(10-12-27)17-18(28)24(4)8-7-21-17/h7-8H,6,9-13H2,1-5H3,(H,20,22). The van der Waals surface area contributed by atoms with Crippen molar-refractivity contribution in [1.82, 2.24) is 29.5 Å². The smallest absolute Gasteiger partial charge is 0.293 e. The van der Waals surface area contributed by atoms with Crippen molar-refractivity contribution in [1.29, 1.82) is 0 Å². The van der Waals surface area contributed by atoms with Crippen LogP contribution in [-0.2, 0) is 20.6 Å². The van der Waals surface area contributed by atoms with Crippen LogP contribution in [0.5, 0.6) is 0 Å². The van der Waals surface area contributed by atoms with Crippen molar-refractivity contribution in [2.24, 2.45) is 19.1 Å². The first-order chi connectivity index (χ1) is 13.4. The summed E-state index contributed by atoms with van der Waals surface area (Å²) in [5.74, 6) is 1.42. The fraction of sp³-hybridized carbons (Fsp3) is 0.579. The Morgan fingerprint density at radius 3 is 2.54 bits per heavy atom. The normalized spacial score (nSPS) is 15.2. The van der Waals surface area contributed by atoms with Crippen LogP contribution in [0.2, 0.25) is 0 Å². The summed E-state index contributed by atoms with van der Waals surface area (Å²) in [7, 11) is 3.71. The highest BCUT2D eigenvalue weighted by molar-refractivity contribution is 5.80. The van der Waals surface area contributed by atoms with Gasteiger partial charge in [-0.15, -0.1) is 0 Å². The molecule has 2 aromatic rings. The van der Waals surface area contributed by atoms with Crippen LogP contribution in [0.3, 0.4) is 0 Å². The number of aromatic nitrogens is 4. The van der Waals surface area contributed by atoms with Gasteiger partial charge in [0.1, 0.15) is 0 Å². The Kier molecular flexibility index (Phi) is 6.01. The third kappa shape index (κ3) is 4.02. The average Bonchev–Trinajstić information content (AvgIpc) is 2.93. The maximum atomic E-state index is 12.3. The number of hydrogen-bond acceptors (Lipinski definition) is 5. The van der Waals surface area contributed by atoms with E-state index in [1.807, 2.05) is 18.7 Å². The van der Waals surface area contributed by atoms with Gasteiger partial charge in [-0.25, -0.2) is 9.98 Å². The van der Waals surface area contributed by atoms with Crippen LogP contribution >= 0.6 is 0 Å². The number of aryl methyl sites for hydroxylation is 3. The number of nitrogens with one attached hydrogen (secondary N) is 1. The van der Waals surface area contributed by atoms with Crippen molar-refractivity contribution in [2.75, 3.05) is 37.6 Å². The van der Waals surface area contributed by atoms with Gasteiger partial charge >= 0.3 is 0 Å². The van der Waals surface area contributed by atoms with E-state index in [2.05, 4.69) is 39.0 Å². The van der Waals surface area contributed by atoms with Crippen LogP contribution in [0.1, 0.15) is 23.9 Å². The first-order valence-corrected chi connectivity index (χ1v) is 9.71. The van der Waals surface area contributed by atoms with E-state index in [-0.39, 0.29) is 5.56 Å². The Hall–Kier alpha value is -2.84. The summed E-state index contributed by atoms with van der Waals surface area (Å²) in [6.07, 6.45) is 3.35. The molecular formula is C19H30N8O. The Bertz CT molecular complexity index is 905. The molecule has 9 nitrogen and oxygen atoms in total. The van der Waals surface area contributed by atoms with Crippen LogP contribution in [-0.4, -0.2) is 62.9 Å². The summed E-state index contributed by atoms with van der Waals surface area (Å²) in [5.41, 5.74) is 3.29. The SMILES string of the molecule is CCNC(=NCc1c(C)nn(C)c1C)N1CCN(c2nccn(C)c2=O)CC1. The van der Waals surface area contributed by atoms with Crippen molar-refractivity contribution in [2.45, 2.75) is 27.3 Å². The molecule has 1 saturated heterocycles. The average molecular weight is 387 g/mol. The molecule has 0 spiro atoms. The molecule has 0 radical (unpaired) electrons. The highest BCUT2D eigenvalue weighted by Crippen LogP contribution is 2.14. The molecule has 1 N–H and O–H groups in total. The van der Waals surface area contributed by atoms with Crippen molar-refractivity contribution >= 4 is 11.8 Å². The van der Waals surface area contributed by atoms with E-state index in [1.165, 1.54) is 5.56 Å². The lowest BCUT2D eigenvalue weighted by atomic mass is 10.2. The number of aliphatic imine (C=N–C) groups is 1. The Morgan fingerprint density at radius 1 is 1.21 bits per heavy atom. The first kappa shape index (κ1) is 19.9. The predicted molar refractivity (Wildman–Crippen MR) is 111 cm³/mol. The molecule has 9 heteroatoms. The number of anilines is 1. The van der Waals surface area contributed by atoms with Gasteiger partial charge in [0.25, 0.3) is 5.56 Å². The Morgan fingerprint density at radius 2 is 1.93 bits per heavy atom. The number of guanidine groups is 1. The van der Waals surface area contributed by atoms with E-state index in [0.29, 0.717) is 12.4 Å². The van der Waals surface area contributed by atoms with Gasteiger partial charge in [0, 0.05) is 70.5 Å². The van der Waals surface area contributed by atoms with Crippen LogP contribution in [0.25, 0.3) is 0 Å². The van der Waals surface area contributed by atoms with Crippen molar-refractivity contribution < 1.29 is 0 Å². The van der Waals surface area contributed by atoms with E-state index in [0.717, 1.165) is 50.1 Å². The van der Waals surface area contributed by atoms with Gasteiger partial charge in [0.2, 0.25) is 0 Å². The maximum absolute atomic E-state index is 12.3. The lowest BCUT2D eigenvalue weighted by molar-refractivity contribution is 0.370. The second kappa shape index (κ2) is 8.45. The summed E-state index contributed by atoms with van der Waals surface area (Å²) in [4.78, 5) is 25.7. The van der Waals surface area contributed by atoms with Crippen molar-refractivity contribution in [3.05, 3.63) is 39.7 Å². The topological polar surface area (TPSA) is 83.6 Å². The molecule has 0 amide bonds. The maximum Gasteiger partial charge on any atom is 0.293 e. The van der Waals surface area contributed by atoms with E-state index in [4.69, 9.17) is 4.99 Å². The molecule has 0 aliphatic carbocycles. The summed E-state index contributed by atoms with van der Waals surface area (Å²) < 4.78 is 3.47. The van der Waals surface area contributed by atoms with Gasteiger partial charge < -0.3 is 19.7 Å². The first-order valence-electron chi connectivity index (χ1n) is 9.71. The van der Waals surface area contributed by atoms with Crippen molar-refractivity contribution in [3.63, 3.8) is 0 Å². The molecule has 1 aliphatic rings. The lowest BCUT2D eigenvalue weighted by Crippen LogP contribution is -2.53. The zero-order chi connectivity index (χ0) is 20.3. The minimum Gasteiger partial charge on any atom is -0.357 e. The van der Waals surface area contributed by atoms with E-state index >= 15 is 0 Å². The largest absolute Gasteiger partial charge is 0.357 e. The fourth-order valence-corrected chi connectivity index (χ4v) is 3.46. The predicted octanol–water partition coefficient (Wildman–Crippen LogP) is 0.418. The third-order valence-corrected chi connectivity index (χ3v) is 5.26. The molecule has 0 bridgehead atoms. The van der Waals surface area contributed by atoms with Gasteiger partial charge in [0.05, 0.1) is 12.2 Å². The van der Waals surface area contributed by atoms with Crippen LogP contribution in [0.4, 0.5) is 5.82 Å². The summed E-state index contributed by atoms with van der Waals surface area (Å²) in [6, 6.07) is 0. The summed E-state index contributed by atoms with van der Waals surface area (Å²) >= 11 is 0. The van der Waals surface area contributed by atoms with Crippen LogP contribution < -0.4 is 15.8 Å². The van der Waals surface area contributed by atoms with Gasteiger partial charge in [-0.1, -0.05) is 0 Å². The minimum absolute atomic E-state index is 0.0564. The molecule has 0 unspecified atom stereocenters. The highest BCUT2D eigenvalue weighted by Gasteiger charge is 2.22. The second-order valence-corrected chi connectivity index (χ2v) is 7.08. The number of nitrogens with zero attached hydrogens (tertiary/aromatic N) is 7. The molecule has 2 aromatic heterocycles. The molecular weight excluding hydrogens is 356 g/mol. The quantitative estimate of drug-likeness (QED) is 0.606. The molecule has 1 aliphatic heterocycles. The monoisotopic (exact) mass is 386 g/mol. The zero-order valence-electron chi connectivity index (χ0n) is 17.4. The van der Waals surface area contributed by atoms with Gasteiger partial charge in [0.15, 0.2) is 11.8 Å². The van der Waals surface area contributed by atoms with Gasteiger partial charge in [-0.3, -0.25) is 9.48 Å². The number of rotatable bonds is 4. The lowest BCUT2D eigenvalue weighted by Gasteiger charge is -2.36. The third-order valence-electron chi connectivity index (χ3n) is 5.26. The molecule has 1 fully saturated rings. The number of hydrogen-bond donors (Lipinski definition) is 1. The van der Waals surface area contributed by atoms with E-state index < -0.39 is 0 Å². The Balaban J connectivity index is 1.70. The molecule has 28 heavy (non-hydrogen) atoms. The highest BCUT2D eigenvalue weighted by atomic mass is 16.1. The zero-order valence-corrected chi connectivity index (χ0v) is 17.4. The van der Waals surface area contributed by atoms with Crippen LogP contribution in [0, 0.1) is 13.8 Å². The molecule has 3 heterocycles. The summed E-state index contributed by atoms with van der Waals surface area (Å²) in [5, 5.41) is 7.87. The van der Waals surface area contributed by atoms with Crippen molar-refractivity contribution in [3.8, 4) is 0 Å². The van der Waals surface area contributed by atoms with E-state index in [9.17, 15) is 4.79 Å². The Labute approximate surface area is 165 Å². The number of piperazine rings is 1. The summed E-state index contributed by atoms with van der Waals surface area (Å²) in [6.45, 7) is 10.6. The molecule has 3 rings (SSSR count). The fourth-order valence-electron chi connectivity index (χ4n) is 3.46. The van der Waals surface area contributed by atoms with Gasteiger partial charge in [-0.2, -0.15) is 5.10 Å². The van der Waals surface area contributed by atoms with Crippen LogP contribution in [0.15, 0.2) is 22.2 Å². The molecule has 0 atom stereocenters. The second-order valence-electron chi connectivity index (χ2n) is 7.08. The minimum atomic E-state index is -0.0564. The molecule has 0 saturated carbocycles. The molecule has 152 valence electrons. The van der Waals surface area contributed by atoms with E-state index in [1.54, 1.807) is 24.0 Å².